The summed E-state index contributed by atoms with van der Waals surface area (Å²) in [6.45, 7) is 13.9. The monoisotopic (exact) mass is 500 g/mol. The lowest BCUT2D eigenvalue weighted by atomic mass is 9.38. The highest BCUT2D eigenvalue weighted by Crippen LogP contribution is 2.72. The van der Waals surface area contributed by atoms with Gasteiger partial charge < -0.3 is 20.1 Å². The van der Waals surface area contributed by atoms with Crippen LogP contribution in [-0.4, -0.2) is 51.0 Å². The van der Waals surface area contributed by atoms with Crippen LogP contribution in [0.2, 0.25) is 0 Å². The zero-order valence-electron chi connectivity index (χ0n) is 22.9. The molecule has 36 heavy (non-hydrogen) atoms. The number of hydrogen-bond acceptors (Lipinski definition) is 6. The van der Waals surface area contributed by atoms with E-state index in [4.69, 9.17) is 4.74 Å². The van der Waals surface area contributed by atoms with Crippen LogP contribution in [0, 0.1) is 45.3 Å². The summed E-state index contributed by atoms with van der Waals surface area (Å²) in [6.07, 6.45) is 7.30. The van der Waals surface area contributed by atoms with E-state index in [0.29, 0.717) is 12.8 Å². The SMILES string of the molecule is CC(C)(O)[C@H](O)[C@H]1C[C@@H]([C@@H]2CC=C3[C@]4(C)[C@H](O)C[C@H]5C(C)(C)C(=O)C=C[C@]5(C)[C@H]4CC[C@]32C)C(=O)O1. The number of cyclic esters (lactones) is 1. The average molecular weight is 501 g/mol. The topological polar surface area (TPSA) is 104 Å². The summed E-state index contributed by atoms with van der Waals surface area (Å²) in [7, 11) is 0. The molecule has 3 N–H and O–H groups in total. The highest BCUT2D eigenvalue weighted by atomic mass is 16.6. The van der Waals surface area contributed by atoms with Crippen molar-refractivity contribution in [3.05, 3.63) is 23.8 Å². The molecule has 2 saturated carbocycles. The minimum Gasteiger partial charge on any atom is -0.459 e. The van der Waals surface area contributed by atoms with E-state index in [0.717, 1.165) is 19.3 Å². The van der Waals surface area contributed by atoms with Crippen molar-refractivity contribution in [1.29, 1.82) is 0 Å². The Kier molecular flexibility index (Phi) is 5.63. The summed E-state index contributed by atoms with van der Waals surface area (Å²) < 4.78 is 5.61. The second kappa shape index (κ2) is 7.77. The number of ether oxygens (including phenoxy) is 1. The van der Waals surface area contributed by atoms with E-state index in [1.54, 1.807) is 6.08 Å². The Morgan fingerprint density at radius 3 is 2.39 bits per heavy atom. The molecule has 0 unspecified atom stereocenters. The van der Waals surface area contributed by atoms with Crippen LogP contribution in [0.3, 0.4) is 0 Å². The summed E-state index contributed by atoms with van der Waals surface area (Å²) in [4.78, 5) is 25.9. The van der Waals surface area contributed by atoms with Gasteiger partial charge in [0.25, 0.3) is 0 Å². The molecule has 1 saturated heterocycles. The normalized spacial score (nSPS) is 48.6. The Hall–Kier alpha value is -1.50. The van der Waals surface area contributed by atoms with Gasteiger partial charge in [0, 0.05) is 17.3 Å². The van der Waals surface area contributed by atoms with Gasteiger partial charge in [0.2, 0.25) is 0 Å². The molecule has 4 aliphatic carbocycles. The maximum absolute atomic E-state index is 13.1. The molecule has 1 aliphatic heterocycles. The molecule has 0 aromatic heterocycles. The molecule has 5 rings (SSSR count). The molecule has 0 radical (unpaired) electrons. The Morgan fingerprint density at radius 2 is 1.75 bits per heavy atom. The molecular formula is C30H44O6. The second-order valence-corrected chi connectivity index (χ2v) is 14.3. The van der Waals surface area contributed by atoms with Gasteiger partial charge in [0.1, 0.15) is 12.2 Å². The second-order valence-electron chi connectivity index (χ2n) is 14.3. The first-order chi connectivity index (χ1) is 16.5. The first-order valence-corrected chi connectivity index (χ1v) is 13.7. The van der Waals surface area contributed by atoms with Gasteiger partial charge in [-0.05, 0) is 74.2 Å². The van der Waals surface area contributed by atoms with E-state index in [-0.39, 0.29) is 46.3 Å². The summed E-state index contributed by atoms with van der Waals surface area (Å²) >= 11 is 0. The van der Waals surface area contributed by atoms with Crippen molar-refractivity contribution in [2.45, 2.75) is 104 Å². The van der Waals surface area contributed by atoms with Crippen LogP contribution in [0.15, 0.2) is 23.8 Å². The van der Waals surface area contributed by atoms with E-state index in [1.807, 2.05) is 13.8 Å². The lowest BCUT2D eigenvalue weighted by Gasteiger charge is -2.66. The molecule has 1 heterocycles. The largest absolute Gasteiger partial charge is 0.459 e. The third kappa shape index (κ3) is 3.26. The quantitative estimate of drug-likeness (QED) is 0.400. The molecular weight excluding hydrogens is 456 g/mol. The lowest BCUT2D eigenvalue weighted by Crippen LogP contribution is -2.63. The van der Waals surface area contributed by atoms with Gasteiger partial charge in [-0.15, -0.1) is 0 Å². The van der Waals surface area contributed by atoms with Crippen LogP contribution >= 0.6 is 0 Å². The van der Waals surface area contributed by atoms with Gasteiger partial charge in [-0.2, -0.15) is 0 Å². The predicted molar refractivity (Wildman–Crippen MR) is 136 cm³/mol. The molecule has 10 atom stereocenters. The Morgan fingerprint density at radius 1 is 1.08 bits per heavy atom. The van der Waals surface area contributed by atoms with E-state index in [9.17, 15) is 24.9 Å². The number of hydrogen-bond donors (Lipinski definition) is 3. The number of carbonyl (C=O) groups is 2. The first-order valence-electron chi connectivity index (χ1n) is 13.7. The summed E-state index contributed by atoms with van der Waals surface area (Å²) in [5, 5.41) is 32.6. The third-order valence-corrected chi connectivity index (χ3v) is 11.6. The number of fused-ring (bicyclic) bond motifs is 5. The van der Waals surface area contributed by atoms with Crippen molar-refractivity contribution in [1.82, 2.24) is 0 Å². The number of aliphatic hydroxyl groups is 3. The Labute approximate surface area is 215 Å². The van der Waals surface area contributed by atoms with Crippen LogP contribution < -0.4 is 0 Å². The summed E-state index contributed by atoms with van der Waals surface area (Å²) in [5.41, 5.74) is -1.50. The minimum absolute atomic E-state index is 0.0365. The predicted octanol–water partition coefficient (Wildman–Crippen LogP) is 3.97. The van der Waals surface area contributed by atoms with Crippen molar-refractivity contribution < 1.29 is 29.6 Å². The van der Waals surface area contributed by atoms with Crippen LogP contribution in [0.5, 0.6) is 0 Å². The average Bonchev–Trinajstić information content (AvgIpc) is 3.32. The molecule has 0 amide bonds. The number of rotatable bonds is 3. The van der Waals surface area contributed by atoms with E-state index < -0.39 is 34.7 Å². The van der Waals surface area contributed by atoms with Gasteiger partial charge in [-0.3, -0.25) is 9.59 Å². The molecule has 0 aromatic carbocycles. The molecule has 6 nitrogen and oxygen atoms in total. The van der Waals surface area contributed by atoms with E-state index >= 15 is 0 Å². The minimum atomic E-state index is -1.35. The highest BCUT2D eigenvalue weighted by molar-refractivity contribution is 5.95. The summed E-state index contributed by atoms with van der Waals surface area (Å²) in [5.74, 6) is -0.185. The van der Waals surface area contributed by atoms with Gasteiger partial charge in [-0.1, -0.05) is 52.3 Å². The molecule has 0 bridgehead atoms. The molecule has 6 heteroatoms. The fraction of sp³-hybridized carbons (Fsp3) is 0.800. The van der Waals surface area contributed by atoms with Crippen molar-refractivity contribution in [2.75, 3.05) is 0 Å². The van der Waals surface area contributed by atoms with Crippen molar-refractivity contribution >= 4 is 11.8 Å². The van der Waals surface area contributed by atoms with Crippen LogP contribution in [0.1, 0.15) is 80.6 Å². The lowest BCUT2D eigenvalue weighted by molar-refractivity contribution is -0.166. The number of carbonyl (C=O) groups excluding carboxylic acids is 2. The van der Waals surface area contributed by atoms with Crippen LogP contribution in [0.25, 0.3) is 0 Å². The smallest absolute Gasteiger partial charge is 0.309 e. The first kappa shape index (κ1) is 26.1. The maximum atomic E-state index is 13.1. The molecule has 0 aromatic rings. The zero-order chi connectivity index (χ0) is 26.6. The van der Waals surface area contributed by atoms with Crippen molar-refractivity contribution in [3.8, 4) is 0 Å². The van der Waals surface area contributed by atoms with E-state index in [1.165, 1.54) is 19.4 Å². The fourth-order valence-corrected chi connectivity index (χ4v) is 9.52. The maximum Gasteiger partial charge on any atom is 0.309 e. The Bertz CT molecular complexity index is 1030. The van der Waals surface area contributed by atoms with Crippen molar-refractivity contribution in [2.24, 2.45) is 45.3 Å². The number of aliphatic hydroxyl groups excluding tert-OH is 2. The molecule has 0 spiro atoms. The number of esters is 1. The molecule has 5 aliphatic rings. The Balaban J connectivity index is 1.47. The third-order valence-electron chi connectivity index (χ3n) is 11.6. The molecule has 200 valence electrons. The molecule has 3 fully saturated rings. The number of allylic oxidation sites excluding steroid dienone is 3. The van der Waals surface area contributed by atoms with Gasteiger partial charge >= 0.3 is 5.97 Å². The van der Waals surface area contributed by atoms with Gasteiger partial charge in [-0.25, -0.2) is 0 Å². The standard InChI is InChI=1S/C30H44O6/c1-26(2)21-15-23(32)30(7)19-9-8-17(16-14-18(36-25(16)34)24(33)27(3,4)35)28(19,5)12-10-20(30)29(21,6)13-11-22(26)31/h9,11,13,16-18,20-21,23-24,32-33,35H,8,10,12,14-15H2,1-7H3/t16-,17-,18+,20+,21-,23+,24+,28-,29+,30-/m0/s1. The highest BCUT2D eigenvalue weighted by Gasteiger charge is 2.68. The van der Waals surface area contributed by atoms with Gasteiger partial charge in [0.15, 0.2) is 5.78 Å². The van der Waals surface area contributed by atoms with Gasteiger partial charge in [0.05, 0.1) is 17.6 Å². The van der Waals surface area contributed by atoms with Crippen molar-refractivity contribution in [3.63, 3.8) is 0 Å². The van der Waals surface area contributed by atoms with E-state index in [2.05, 4.69) is 32.9 Å². The van der Waals surface area contributed by atoms with Crippen LogP contribution in [-0.2, 0) is 14.3 Å². The number of ketones is 1. The summed E-state index contributed by atoms with van der Waals surface area (Å²) in [6, 6.07) is 0. The fourth-order valence-electron chi connectivity index (χ4n) is 9.52. The zero-order valence-corrected chi connectivity index (χ0v) is 22.9. The van der Waals surface area contributed by atoms with Crippen LogP contribution in [0.4, 0.5) is 0 Å².